The molecular weight excluding hydrogens is 296 g/mol. The molecule has 3 unspecified atom stereocenters. The van der Waals surface area contributed by atoms with Gasteiger partial charge in [0, 0.05) is 32.2 Å². The first kappa shape index (κ1) is 17.7. The number of β-amino-alcohol motifs (C(OH)–C–C–N with tert-alkyl or cyclic N) is 1. The van der Waals surface area contributed by atoms with Gasteiger partial charge in [-0.05, 0) is 38.1 Å². The average Bonchev–Trinajstić information content (AvgIpc) is 2.45. The molecule has 1 aliphatic heterocycles. The van der Waals surface area contributed by atoms with Gasteiger partial charge < -0.3 is 19.9 Å². The number of carbonyl (C=O) groups excluding carboxylic acids is 1. The average molecular weight is 322 g/mol. The Morgan fingerprint density at radius 2 is 1.96 bits per heavy atom. The molecule has 1 aromatic carbocycles. The molecule has 0 aliphatic carbocycles. The maximum Gasteiger partial charge on any atom is 0.221 e. The summed E-state index contributed by atoms with van der Waals surface area (Å²) >= 11 is 0. The van der Waals surface area contributed by atoms with Gasteiger partial charge in [-0.15, -0.1) is 0 Å². The molecule has 1 aromatic rings. The van der Waals surface area contributed by atoms with Crippen molar-refractivity contribution in [2.75, 3.05) is 31.6 Å². The summed E-state index contributed by atoms with van der Waals surface area (Å²) < 4.78 is 11.3. The van der Waals surface area contributed by atoms with Crippen molar-refractivity contribution in [3.63, 3.8) is 0 Å². The highest BCUT2D eigenvalue weighted by atomic mass is 16.5. The Morgan fingerprint density at radius 3 is 2.52 bits per heavy atom. The molecule has 1 aliphatic rings. The first-order chi connectivity index (χ1) is 10.9. The molecule has 128 valence electrons. The molecule has 3 atom stereocenters. The highest BCUT2D eigenvalue weighted by molar-refractivity contribution is 5.88. The number of nitrogens with one attached hydrogen (secondary N) is 1. The van der Waals surface area contributed by atoms with Crippen molar-refractivity contribution in [1.82, 2.24) is 4.90 Å². The fraction of sp³-hybridized carbons (Fsp3) is 0.588. The number of nitrogens with zero attached hydrogens (tertiary/aromatic N) is 1. The Kier molecular flexibility index (Phi) is 6.38. The minimum atomic E-state index is -0.553. The number of rotatable bonds is 6. The van der Waals surface area contributed by atoms with E-state index in [0.29, 0.717) is 12.3 Å². The van der Waals surface area contributed by atoms with Crippen LogP contribution in [0.25, 0.3) is 0 Å². The molecule has 1 heterocycles. The van der Waals surface area contributed by atoms with Crippen LogP contribution >= 0.6 is 0 Å². The second-order valence-corrected chi connectivity index (χ2v) is 6.15. The van der Waals surface area contributed by atoms with E-state index in [1.54, 1.807) is 24.3 Å². The van der Waals surface area contributed by atoms with Crippen LogP contribution in [0, 0.1) is 0 Å². The second kappa shape index (κ2) is 8.29. The van der Waals surface area contributed by atoms with Gasteiger partial charge in [-0.1, -0.05) is 0 Å². The molecule has 2 rings (SSSR count). The third-order valence-corrected chi connectivity index (χ3v) is 3.58. The first-order valence-electron chi connectivity index (χ1n) is 7.98. The maximum absolute atomic E-state index is 11.0. The maximum atomic E-state index is 11.0. The van der Waals surface area contributed by atoms with Gasteiger partial charge in [0.15, 0.2) is 0 Å². The summed E-state index contributed by atoms with van der Waals surface area (Å²) in [5.41, 5.74) is 0.724. The Morgan fingerprint density at radius 1 is 1.35 bits per heavy atom. The van der Waals surface area contributed by atoms with Gasteiger partial charge in [-0.2, -0.15) is 0 Å². The number of anilines is 1. The normalized spacial score (nSPS) is 23.3. The van der Waals surface area contributed by atoms with Crippen molar-refractivity contribution in [3.8, 4) is 5.75 Å². The molecule has 0 radical (unpaired) electrons. The van der Waals surface area contributed by atoms with Gasteiger partial charge >= 0.3 is 0 Å². The van der Waals surface area contributed by atoms with Gasteiger partial charge in [0.2, 0.25) is 5.91 Å². The van der Waals surface area contributed by atoms with Crippen LogP contribution in [0.5, 0.6) is 5.75 Å². The van der Waals surface area contributed by atoms with Crippen LogP contribution in [0.2, 0.25) is 0 Å². The van der Waals surface area contributed by atoms with E-state index in [9.17, 15) is 9.90 Å². The number of hydrogen-bond donors (Lipinski definition) is 2. The highest BCUT2D eigenvalue weighted by Gasteiger charge is 2.23. The fourth-order valence-electron chi connectivity index (χ4n) is 2.81. The second-order valence-electron chi connectivity index (χ2n) is 6.15. The van der Waals surface area contributed by atoms with E-state index in [-0.39, 0.29) is 24.7 Å². The summed E-state index contributed by atoms with van der Waals surface area (Å²) in [6, 6.07) is 7.09. The zero-order valence-electron chi connectivity index (χ0n) is 14.0. The van der Waals surface area contributed by atoms with Crippen molar-refractivity contribution < 1.29 is 19.4 Å². The molecule has 0 spiro atoms. The van der Waals surface area contributed by atoms with E-state index in [2.05, 4.69) is 10.2 Å². The minimum Gasteiger partial charge on any atom is -0.491 e. The smallest absolute Gasteiger partial charge is 0.221 e. The lowest BCUT2D eigenvalue weighted by atomic mass is 10.2. The lowest BCUT2D eigenvalue weighted by Crippen LogP contribution is -2.48. The van der Waals surface area contributed by atoms with E-state index in [0.717, 1.165) is 18.8 Å². The van der Waals surface area contributed by atoms with Crippen LogP contribution in [-0.4, -0.2) is 60.5 Å². The van der Waals surface area contributed by atoms with E-state index in [1.807, 2.05) is 13.8 Å². The lowest BCUT2D eigenvalue weighted by molar-refractivity contribution is -0.114. The molecule has 1 amide bonds. The third kappa shape index (κ3) is 6.17. The number of morpholine rings is 1. The van der Waals surface area contributed by atoms with Crippen LogP contribution in [0.4, 0.5) is 5.69 Å². The molecule has 2 N–H and O–H groups in total. The van der Waals surface area contributed by atoms with E-state index in [1.165, 1.54) is 6.92 Å². The summed E-state index contributed by atoms with van der Waals surface area (Å²) in [7, 11) is 0. The summed E-state index contributed by atoms with van der Waals surface area (Å²) in [6.45, 7) is 8.01. The zero-order chi connectivity index (χ0) is 16.8. The SMILES string of the molecule is CC(=O)Nc1ccc(OCC(O)CN2CC(C)OC(C)C2)cc1. The first-order valence-corrected chi connectivity index (χ1v) is 7.98. The molecule has 0 aromatic heterocycles. The quantitative estimate of drug-likeness (QED) is 0.830. The molecule has 0 saturated carbocycles. The summed E-state index contributed by atoms with van der Waals surface area (Å²) in [6.07, 6.45) is -0.177. The molecule has 23 heavy (non-hydrogen) atoms. The van der Waals surface area contributed by atoms with E-state index < -0.39 is 6.10 Å². The Bertz CT molecular complexity index is 496. The van der Waals surface area contributed by atoms with Crippen molar-refractivity contribution in [3.05, 3.63) is 24.3 Å². The standard InChI is InChI=1S/C17H26N2O4/c1-12-8-19(9-13(2)23-12)10-16(21)11-22-17-6-4-15(5-7-17)18-14(3)20/h4-7,12-13,16,21H,8-11H2,1-3H3,(H,18,20). The Hall–Kier alpha value is -1.63. The van der Waals surface area contributed by atoms with Gasteiger partial charge in [0.25, 0.3) is 0 Å². The van der Waals surface area contributed by atoms with Crippen molar-refractivity contribution in [2.45, 2.75) is 39.1 Å². The van der Waals surface area contributed by atoms with Crippen molar-refractivity contribution >= 4 is 11.6 Å². The molecule has 0 bridgehead atoms. The van der Waals surface area contributed by atoms with E-state index in [4.69, 9.17) is 9.47 Å². The van der Waals surface area contributed by atoms with Crippen LogP contribution in [0.1, 0.15) is 20.8 Å². The summed E-state index contributed by atoms with van der Waals surface area (Å²) in [5, 5.41) is 12.8. The predicted octanol–water partition coefficient (Wildman–Crippen LogP) is 1.49. The summed E-state index contributed by atoms with van der Waals surface area (Å²) in [4.78, 5) is 13.2. The number of amides is 1. The molecule has 6 nitrogen and oxygen atoms in total. The number of aliphatic hydroxyl groups excluding tert-OH is 1. The molecule has 1 saturated heterocycles. The van der Waals surface area contributed by atoms with Gasteiger partial charge in [0.1, 0.15) is 18.5 Å². The highest BCUT2D eigenvalue weighted by Crippen LogP contribution is 2.16. The number of benzene rings is 1. The fourth-order valence-corrected chi connectivity index (χ4v) is 2.81. The molecular formula is C17H26N2O4. The van der Waals surface area contributed by atoms with Crippen LogP contribution in [0.3, 0.4) is 0 Å². The Labute approximate surface area is 137 Å². The minimum absolute atomic E-state index is 0.108. The molecule has 6 heteroatoms. The van der Waals surface area contributed by atoms with E-state index >= 15 is 0 Å². The van der Waals surface area contributed by atoms with Crippen LogP contribution in [-0.2, 0) is 9.53 Å². The van der Waals surface area contributed by atoms with Crippen LogP contribution < -0.4 is 10.1 Å². The van der Waals surface area contributed by atoms with Gasteiger partial charge in [-0.25, -0.2) is 0 Å². The van der Waals surface area contributed by atoms with Crippen molar-refractivity contribution in [1.29, 1.82) is 0 Å². The Balaban J connectivity index is 1.75. The summed E-state index contributed by atoms with van der Waals surface area (Å²) in [5.74, 6) is 0.560. The largest absolute Gasteiger partial charge is 0.491 e. The molecule has 1 fully saturated rings. The zero-order valence-corrected chi connectivity index (χ0v) is 14.0. The van der Waals surface area contributed by atoms with Crippen LogP contribution in [0.15, 0.2) is 24.3 Å². The number of hydrogen-bond acceptors (Lipinski definition) is 5. The number of carbonyl (C=O) groups is 1. The van der Waals surface area contributed by atoms with Crippen molar-refractivity contribution in [2.24, 2.45) is 0 Å². The monoisotopic (exact) mass is 322 g/mol. The predicted molar refractivity (Wildman–Crippen MR) is 88.7 cm³/mol. The lowest BCUT2D eigenvalue weighted by Gasteiger charge is -2.36. The number of aliphatic hydroxyl groups is 1. The topological polar surface area (TPSA) is 71.0 Å². The van der Waals surface area contributed by atoms with Gasteiger partial charge in [0.05, 0.1) is 12.2 Å². The van der Waals surface area contributed by atoms with Gasteiger partial charge in [-0.3, -0.25) is 9.69 Å². The third-order valence-electron chi connectivity index (χ3n) is 3.58. The number of ether oxygens (including phenoxy) is 2.